The van der Waals surface area contributed by atoms with Crippen molar-refractivity contribution in [2.45, 2.75) is 33.2 Å². The summed E-state index contributed by atoms with van der Waals surface area (Å²) in [6.45, 7) is 7.14. The number of Topliss-reactive ketones (excluding diaryl/α,β-unsaturated/α-hetero) is 1. The van der Waals surface area contributed by atoms with Crippen molar-refractivity contribution in [3.63, 3.8) is 0 Å². The first kappa shape index (κ1) is 24.5. The summed E-state index contributed by atoms with van der Waals surface area (Å²) < 4.78 is 24.4. The Hall–Kier alpha value is -3.19. The van der Waals surface area contributed by atoms with Crippen LogP contribution in [-0.2, 0) is 14.3 Å². The number of carbonyl (C=O) groups is 2. The molecule has 3 rings (SSSR count). The molecule has 33 heavy (non-hydrogen) atoms. The smallest absolute Gasteiger partial charge is 0.295 e. The van der Waals surface area contributed by atoms with E-state index in [1.807, 2.05) is 13.8 Å². The molecule has 1 atom stereocenters. The minimum atomic E-state index is -0.821. The summed E-state index contributed by atoms with van der Waals surface area (Å²) in [5.74, 6) is -1.13. The molecule has 1 fully saturated rings. The second-order valence-corrected chi connectivity index (χ2v) is 8.57. The zero-order valence-corrected chi connectivity index (χ0v) is 19.4. The lowest BCUT2D eigenvalue weighted by atomic mass is 9.94. The second kappa shape index (κ2) is 10.6. The molecular weight excluding hydrogens is 425 g/mol. The molecule has 0 aliphatic carbocycles. The number of halogens is 1. The number of aliphatic hydroxyl groups excluding tert-OH is 1. The third-order valence-corrected chi connectivity index (χ3v) is 5.51. The fourth-order valence-electron chi connectivity index (χ4n) is 3.88. The van der Waals surface area contributed by atoms with Gasteiger partial charge < -0.3 is 19.5 Å². The van der Waals surface area contributed by atoms with E-state index in [0.717, 1.165) is 0 Å². The molecule has 0 aromatic heterocycles. The summed E-state index contributed by atoms with van der Waals surface area (Å²) >= 11 is 0. The van der Waals surface area contributed by atoms with E-state index in [2.05, 4.69) is 0 Å². The zero-order chi connectivity index (χ0) is 24.1. The number of hydrogen-bond acceptors (Lipinski definition) is 5. The van der Waals surface area contributed by atoms with E-state index in [4.69, 9.17) is 9.47 Å². The van der Waals surface area contributed by atoms with Crippen molar-refractivity contribution in [3.05, 3.63) is 70.5 Å². The summed E-state index contributed by atoms with van der Waals surface area (Å²) in [7, 11) is 1.56. The van der Waals surface area contributed by atoms with Gasteiger partial charge >= 0.3 is 0 Å². The lowest BCUT2D eigenvalue weighted by molar-refractivity contribution is -0.140. The highest BCUT2D eigenvalue weighted by Crippen LogP contribution is 2.40. The van der Waals surface area contributed by atoms with Gasteiger partial charge in [-0.25, -0.2) is 4.39 Å². The van der Waals surface area contributed by atoms with Crippen molar-refractivity contribution in [3.8, 4) is 5.75 Å². The molecule has 0 spiro atoms. The van der Waals surface area contributed by atoms with E-state index in [0.29, 0.717) is 48.0 Å². The van der Waals surface area contributed by atoms with Gasteiger partial charge in [-0.15, -0.1) is 0 Å². The van der Waals surface area contributed by atoms with Gasteiger partial charge in [-0.3, -0.25) is 9.59 Å². The lowest BCUT2D eigenvalue weighted by Gasteiger charge is -2.25. The molecule has 0 radical (unpaired) electrons. The van der Waals surface area contributed by atoms with Crippen LogP contribution in [0.1, 0.15) is 43.0 Å². The maximum absolute atomic E-state index is 13.6. The van der Waals surface area contributed by atoms with Gasteiger partial charge in [0.05, 0.1) is 18.2 Å². The third kappa shape index (κ3) is 5.42. The number of methoxy groups -OCH3 is 1. The van der Waals surface area contributed by atoms with E-state index in [1.165, 1.54) is 29.2 Å². The van der Waals surface area contributed by atoms with Gasteiger partial charge in [0, 0.05) is 25.8 Å². The fraction of sp³-hybridized carbons (Fsp3) is 0.385. The Morgan fingerprint density at radius 3 is 2.45 bits per heavy atom. The van der Waals surface area contributed by atoms with Crippen molar-refractivity contribution in [2.75, 3.05) is 26.9 Å². The minimum absolute atomic E-state index is 0.0111. The zero-order valence-electron chi connectivity index (χ0n) is 19.4. The Kier molecular flexibility index (Phi) is 7.87. The van der Waals surface area contributed by atoms with Crippen molar-refractivity contribution < 1.29 is 28.6 Å². The van der Waals surface area contributed by atoms with Crippen LogP contribution < -0.4 is 4.74 Å². The number of nitrogens with zero attached hydrogens (tertiary/aromatic N) is 1. The molecule has 1 saturated heterocycles. The molecule has 6 nitrogen and oxygen atoms in total. The summed E-state index contributed by atoms with van der Waals surface area (Å²) in [4.78, 5) is 27.3. The highest BCUT2D eigenvalue weighted by atomic mass is 19.1. The summed E-state index contributed by atoms with van der Waals surface area (Å²) in [5.41, 5.74) is 1.68. The van der Waals surface area contributed by atoms with Crippen LogP contribution in [0.5, 0.6) is 5.75 Å². The number of aryl methyl sites for hydroxylation is 1. The predicted molar refractivity (Wildman–Crippen MR) is 123 cm³/mol. The molecule has 176 valence electrons. The number of hydrogen-bond donors (Lipinski definition) is 1. The van der Waals surface area contributed by atoms with Crippen LogP contribution in [0.4, 0.5) is 4.39 Å². The second-order valence-electron chi connectivity index (χ2n) is 8.57. The van der Waals surface area contributed by atoms with Gasteiger partial charge in [-0.1, -0.05) is 26.0 Å². The van der Waals surface area contributed by atoms with Gasteiger partial charge in [0.25, 0.3) is 11.7 Å². The van der Waals surface area contributed by atoms with Crippen molar-refractivity contribution in [1.29, 1.82) is 0 Å². The molecule has 1 amide bonds. The Bertz CT molecular complexity index is 1050. The first-order chi connectivity index (χ1) is 15.7. The van der Waals surface area contributed by atoms with E-state index in [-0.39, 0.29) is 17.9 Å². The first-order valence-corrected chi connectivity index (χ1v) is 11.0. The topological polar surface area (TPSA) is 76.1 Å². The number of ether oxygens (including phenoxy) is 2. The van der Waals surface area contributed by atoms with Crippen LogP contribution in [-0.4, -0.2) is 48.6 Å². The number of carbonyl (C=O) groups excluding carboxylic acids is 2. The molecule has 0 bridgehead atoms. The molecule has 0 unspecified atom stereocenters. The quantitative estimate of drug-likeness (QED) is 0.258. The largest absolute Gasteiger partial charge is 0.507 e. The van der Waals surface area contributed by atoms with Crippen LogP contribution >= 0.6 is 0 Å². The first-order valence-electron chi connectivity index (χ1n) is 11.0. The van der Waals surface area contributed by atoms with Crippen molar-refractivity contribution in [1.82, 2.24) is 4.90 Å². The molecule has 1 N–H and O–H groups in total. The maximum atomic E-state index is 13.6. The molecule has 1 heterocycles. The Morgan fingerprint density at radius 2 is 1.85 bits per heavy atom. The van der Waals surface area contributed by atoms with Crippen LogP contribution in [0.3, 0.4) is 0 Å². The van der Waals surface area contributed by atoms with E-state index >= 15 is 0 Å². The SMILES string of the molecule is COCCCN1C(=O)C(=O)C(=C(O)c2ccc(OCC(C)C)cc2C)[C@@H]1c1ccc(F)cc1. The predicted octanol–water partition coefficient (Wildman–Crippen LogP) is 4.63. The highest BCUT2D eigenvalue weighted by molar-refractivity contribution is 6.46. The molecule has 1 aliphatic rings. The van der Waals surface area contributed by atoms with Gasteiger partial charge in [0.2, 0.25) is 0 Å². The third-order valence-electron chi connectivity index (χ3n) is 5.51. The Balaban J connectivity index is 2.05. The number of amides is 1. The van der Waals surface area contributed by atoms with Gasteiger partial charge in [-0.05, 0) is 60.7 Å². The molecular formula is C26H30FNO5. The van der Waals surface area contributed by atoms with Crippen molar-refractivity contribution >= 4 is 17.4 Å². The number of aliphatic hydroxyl groups is 1. The van der Waals surface area contributed by atoms with Crippen molar-refractivity contribution in [2.24, 2.45) is 5.92 Å². The highest BCUT2D eigenvalue weighted by Gasteiger charge is 2.45. The maximum Gasteiger partial charge on any atom is 0.295 e. The van der Waals surface area contributed by atoms with Crippen LogP contribution in [0.2, 0.25) is 0 Å². The van der Waals surface area contributed by atoms with Gasteiger partial charge in [0.1, 0.15) is 17.3 Å². The summed E-state index contributed by atoms with van der Waals surface area (Å²) in [6.07, 6.45) is 0.516. The fourth-order valence-corrected chi connectivity index (χ4v) is 3.88. The average molecular weight is 456 g/mol. The molecule has 1 aliphatic heterocycles. The van der Waals surface area contributed by atoms with Gasteiger partial charge in [-0.2, -0.15) is 0 Å². The Labute approximate surface area is 193 Å². The molecule has 2 aromatic carbocycles. The molecule has 7 heteroatoms. The van der Waals surface area contributed by atoms with Crippen LogP contribution in [0, 0.1) is 18.7 Å². The van der Waals surface area contributed by atoms with E-state index in [1.54, 1.807) is 32.2 Å². The lowest BCUT2D eigenvalue weighted by Crippen LogP contribution is -2.31. The van der Waals surface area contributed by atoms with Crippen LogP contribution in [0.25, 0.3) is 5.76 Å². The molecule has 0 saturated carbocycles. The number of likely N-dealkylation sites (tertiary alicyclic amines) is 1. The monoisotopic (exact) mass is 455 g/mol. The Morgan fingerprint density at radius 1 is 1.15 bits per heavy atom. The molecule has 2 aromatic rings. The van der Waals surface area contributed by atoms with Crippen LogP contribution in [0.15, 0.2) is 48.0 Å². The minimum Gasteiger partial charge on any atom is -0.507 e. The normalized spacial score (nSPS) is 17.8. The standard InChI is InChI=1S/C26H30FNO5/c1-16(2)15-33-20-10-11-21(17(3)14-20)24(29)22-23(18-6-8-19(27)9-7-18)28(12-5-13-32-4)26(31)25(22)30/h6-11,14,16,23,29H,5,12-13,15H2,1-4H3/t23-/m0/s1. The average Bonchev–Trinajstić information content (AvgIpc) is 3.03. The number of ketones is 1. The van der Waals surface area contributed by atoms with E-state index < -0.39 is 23.5 Å². The number of rotatable bonds is 9. The van der Waals surface area contributed by atoms with Gasteiger partial charge in [0.15, 0.2) is 0 Å². The summed E-state index contributed by atoms with van der Waals surface area (Å²) in [6, 6.07) is 9.98. The number of benzene rings is 2. The van der Waals surface area contributed by atoms with E-state index in [9.17, 15) is 19.1 Å². The summed E-state index contributed by atoms with van der Waals surface area (Å²) in [5, 5.41) is 11.2.